The van der Waals surface area contributed by atoms with Crippen LogP contribution in [-0.4, -0.2) is 26.9 Å². The Labute approximate surface area is 162 Å². The molecule has 1 amide bonds. The summed E-state index contributed by atoms with van der Waals surface area (Å²) >= 11 is 0. The highest BCUT2D eigenvalue weighted by Crippen LogP contribution is 2.12. The zero-order valence-electron chi connectivity index (χ0n) is 15.9. The van der Waals surface area contributed by atoms with E-state index in [1.54, 1.807) is 31.2 Å². The first-order valence-electron chi connectivity index (χ1n) is 9.32. The van der Waals surface area contributed by atoms with Crippen LogP contribution in [0.1, 0.15) is 37.8 Å². The predicted molar refractivity (Wildman–Crippen MR) is 108 cm³/mol. The molecule has 0 bridgehead atoms. The van der Waals surface area contributed by atoms with Crippen molar-refractivity contribution >= 4 is 15.9 Å². The second kappa shape index (κ2) is 10.2. The monoisotopic (exact) mass is 388 g/mol. The van der Waals surface area contributed by atoms with Crippen LogP contribution >= 0.6 is 0 Å². The Hall–Kier alpha value is -2.18. The minimum absolute atomic E-state index is 0.0138. The largest absolute Gasteiger partial charge is 0.354 e. The molecule has 5 nitrogen and oxygen atoms in total. The van der Waals surface area contributed by atoms with Crippen molar-refractivity contribution in [3.8, 4) is 0 Å². The summed E-state index contributed by atoms with van der Waals surface area (Å²) in [4.78, 5) is 12.4. The molecule has 0 fully saturated rings. The van der Waals surface area contributed by atoms with E-state index >= 15 is 0 Å². The van der Waals surface area contributed by atoms with Crippen LogP contribution < -0.4 is 10.0 Å². The first-order chi connectivity index (χ1) is 12.9. The third kappa shape index (κ3) is 7.15. The number of nitrogens with one attached hydrogen (secondary N) is 2. The van der Waals surface area contributed by atoms with Crippen LogP contribution in [0.15, 0.2) is 59.5 Å². The van der Waals surface area contributed by atoms with E-state index in [9.17, 15) is 13.2 Å². The van der Waals surface area contributed by atoms with Crippen molar-refractivity contribution in [1.29, 1.82) is 0 Å². The molecule has 2 N–H and O–H groups in total. The summed E-state index contributed by atoms with van der Waals surface area (Å²) in [6, 6.07) is 17.0. The number of amides is 1. The molecule has 0 unspecified atom stereocenters. The molecule has 27 heavy (non-hydrogen) atoms. The van der Waals surface area contributed by atoms with E-state index in [0.29, 0.717) is 19.4 Å². The average molecular weight is 389 g/mol. The maximum absolute atomic E-state index is 12.1. The molecule has 0 radical (unpaired) electrons. The van der Waals surface area contributed by atoms with Crippen molar-refractivity contribution in [3.05, 3.63) is 65.7 Å². The van der Waals surface area contributed by atoms with Gasteiger partial charge in [-0.2, -0.15) is 0 Å². The molecule has 6 heteroatoms. The highest BCUT2D eigenvalue weighted by atomic mass is 32.2. The predicted octanol–water partition coefficient (Wildman–Crippen LogP) is 3.05. The van der Waals surface area contributed by atoms with Crippen molar-refractivity contribution in [2.75, 3.05) is 6.54 Å². The van der Waals surface area contributed by atoms with Gasteiger partial charge >= 0.3 is 0 Å². The third-order valence-electron chi connectivity index (χ3n) is 4.32. The summed E-state index contributed by atoms with van der Waals surface area (Å²) in [7, 11) is -3.43. The molecule has 0 saturated heterocycles. The van der Waals surface area contributed by atoms with Crippen LogP contribution in [0.4, 0.5) is 0 Å². The maximum atomic E-state index is 12.1. The number of benzene rings is 2. The Morgan fingerprint density at radius 2 is 1.59 bits per heavy atom. The van der Waals surface area contributed by atoms with Gasteiger partial charge in [0.15, 0.2) is 0 Å². The van der Waals surface area contributed by atoms with Crippen molar-refractivity contribution in [3.63, 3.8) is 0 Å². The van der Waals surface area contributed by atoms with E-state index in [0.717, 1.165) is 18.4 Å². The Morgan fingerprint density at radius 1 is 0.963 bits per heavy atom. The summed E-state index contributed by atoms with van der Waals surface area (Å²) in [5, 5.41) is 3.03. The van der Waals surface area contributed by atoms with Gasteiger partial charge < -0.3 is 5.32 Å². The zero-order chi connectivity index (χ0) is 19.7. The van der Waals surface area contributed by atoms with E-state index in [-0.39, 0.29) is 16.8 Å². The fraction of sp³-hybridized carbons (Fsp3) is 0.381. The zero-order valence-corrected chi connectivity index (χ0v) is 16.8. The Bertz CT molecular complexity index is 818. The molecule has 0 aromatic heterocycles. The summed E-state index contributed by atoms with van der Waals surface area (Å²) < 4.78 is 26.3. The molecule has 146 valence electrons. The van der Waals surface area contributed by atoms with Gasteiger partial charge in [-0.3, -0.25) is 4.79 Å². The van der Waals surface area contributed by atoms with Gasteiger partial charge in [0, 0.05) is 19.0 Å². The van der Waals surface area contributed by atoms with Crippen LogP contribution in [0.5, 0.6) is 0 Å². The molecule has 0 saturated carbocycles. The van der Waals surface area contributed by atoms with Crippen LogP contribution in [0.3, 0.4) is 0 Å². The molecule has 0 spiro atoms. The van der Waals surface area contributed by atoms with Crippen molar-refractivity contribution in [2.45, 2.75) is 50.5 Å². The molecule has 0 heterocycles. The molecule has 0 aliphatic heterocycles. The van der Waals surface area contributed by atoms with Crippen LogP contribution in [0, 0.1) is 0 Å². The van der Waals surface area contributed by atoms with Gasteiger partial charge in [0.1, 0.15) is 0 Å². The Morgan fingerprint density at radius 3 is 2.22 bits per heavy atom. The molecule has 2 aromatic carbocycles. The molecule has 1 atom stereocenters. The first-order valence-corrected chi connectivity index (χ1v) is 10.8. The number of carbonyl (C=O) groups excluding carboxylic acids is 1. The van der Waals surface area contributed by atoms with Crippen LogP contribution in [0.2, 0.25) is 0 Å². The van der Waals surface area contributed by atoms with Crippen LogP contribution in [-0.2, 0) is 27.7 Å². The number of hydrogen-bond acceptors (Lipinski definition) is 3. The fourth-order valence-electron chi connectivity index (χ4n) is 2.81. The van der Waals surface area contributed by atoms with Gasteiger partial charge in [0.05, 0.1) is 4.90 Å². The fourth-order valence-corrected chi connectivity index (χ4v) is 3.85. The van der Waals surface area contributed by atoms with Gasteiger partial charge in [-0.05, 0) is 49.4 Å². The molecular formula is C21H28N2O3S. The second-order valence-electron chi connectivity index (χ2n) is 6.64. The van der Waals surface area contributed by atoms with Crippen LogP contribution in [0.25, 0.3) is 0 Å². The van der Waals surface area contributed by atoms with Gasteiger partial charge in [0.25, 0.3) is 0 Å². The molecule has 2 aromatic rings. The Balaban J connectivity index is 1.76. The topological polar surface area (TPSA) is 75.3 Å². The smallest absolute Gasteiger partial charge is 0.240 e. The van der Waals surface area contributed by atoms with Gasteiger partial charge in [-0.1, -0.05) is 49.4 Å². The minimum Gasteiger partial charge on any atom is -0.354 e. The number of hydrogen-bond donors (Lipinski definition) is 2. The van der Waals surface area contributed by atoms with Gasteiger partial charge in [0.2, 0.25) is 15.9 Å². The molecule has 0 aliphatic rings. The van der Waals surface area contributed by atoms with E-state index in [4.69, 9.17) is 0 Å². The second-order valence-corrected chi connectivity index (χ2v) is 8.41. The van der Waals surface area contributed by atoms with E-state index in [1.807, 2.05) is 25.1 Å². The lowest BCUT2D eigenvalue weighted by atomic mass is 10.1. The lowest BCUT2D eigenvalue weighted by Gasteiger charge is -2.14. The highest BCUT2D eigenvalue weighted by Gasteiger charge is 2.12. The van der Waals surface area contributed by atoms with E-state index in [2.05, 4.69) is 22.2 Å². The first kappa shape index (κ1) is 21.1. The molecular weight excluding hydrogens is 360 g/mol. The SMILES string of the molecule is CCNS(=O)(=O)c1ccc(CCC(=O)N[C@@H](C)CCc2ccccc2)cc1. The lowest BCUT2D eigenvalue weighted by molar-refractivity contribution is -0.121. The number of aryl methyl sites for hydroxylation is 2. The summed E-state index contributed by atoms with van der Waals surface area (Å²) in [6.45, 7) is 4.11. The van der Waals surface area contributed by atoms with Crippen molar-refractivity contribution in [2.24, 2.45) is 0 Å². The molecule has 2 rings (SSSR count). The van der Waals surface area contributed by atoms with Gasteiger partial charge in [-0.15, -0.1) is 0 Å². The number of rotatable bonds is 10. The Kier molecular flexibility index (Phi) is 8.00. The maximum Gasteiger partial charge on any atom is 0.240 e. The summed E-state index contributed by atoms with van der Waals surface area (Å²) in [5.41, 5.74) is 2.21. The average Bonchev–Trinajstić information content (AvgIpc) is 2.66. The standard InChI is InChI=1S/C21H28N2O3S/c1-3-22-27(25,26)20-14-11-19(12-15-20)13-16-21(24)23-17(2)9-10-18-7-5-4-6-8-18/h4-8,11-12,14-15,17,22H,3,9-10,13,16H2,1-2H3,(H,23,24)/t17-/m0/s1. The van der Waals surface area contributed by atoms with Crippen molar-refractivity contribution < 1.29 is 13.2 Å². The van der Waals surface area contributed by atoms with Crippen molar-refractivity contribution in [1.82, 2.24) is 10.0 Å². The summed E-state index contributed by atoms with van der Waals surface area (Å²) in [5.74, 6) is 0.0138. The lowest BCUT2D eigenvalue weighted by Crippen LogP contribution is -2.33. The normalized spacial score (nSPS) is 12.5. The highest BCUT2D eigenvalue weighted by molar-refractivity contribution is 7.89. The van der Waals surface area contributed by atoms with E-state index < -0.39 is 10.0 Å². The van der Waals surface area contributed by atoms with E-state index in [1.165, 1.54) is 5.56 Å². The number of carbonyl (C=O) groups is 1. The summed E-state index contributed by atoms with van der Waals surface area (Å²) in [6.07, 6.45) is 2.80. The number of sulfonamides is 1. The molecule has 0 aliphatic carbocycles. The minimum atomic E-state index is -3.43. The van der Waals surface area contributed by atoms with Gasteiger partial charge in [-0.25, -0.2) is 13.1 Å². The third-order valence-corrected chi connectivity index (χ3v) is 5.89. The quantitative estimate of drug-likeness (QED) is 0.657.